The molecule has 1 saturated heterocycles. The second kappa shape index (κ2) is 13.5. The standard InChI is InChI=1S/C36H32ClN5O2/c37-32-17-15-31(16-18-32)36(44)42(25-27-7-3-1-4-8-27)26-35(43)41-23-21-40(22-24-41)34-20-19-33(38-39-34)30-13-11-29(12-14-30)28-9-5-2-6-10-28/h1-20H,21-26H2. The molecule has 2 amide bonds. The van der Waals surface area contributed by atoms with Crippen LogP contribution in [0.15, 0.2) is 121 Å². The molecule has 5 aromatic rings. The molecule has 0 saturated carbocycles. The molecular weight excluding hydrogens is 570 g/mol. The average Bonchev–Trinajstić information content (AvgIpc) is 3.09. The van der Waals surface area contributed by atoms with Crippen LogP contribution in [0.25, 0.3) is 22.4 Å². The molecule has 6 rings (SSSR count). The lowest BCUT2D eigenvalue weighted by Gasteiger charge is -2.36. The van der Waals surface area contributed by atoms with Crippen molar-refractivity contribution in [3.8, 4) is 22.4 Å². The highest BCUT2D eigenvalue weighted by molar-refractivity contribution is 6.30. The van der Waals surface area contributed by atoms with E-state index in [4.69, 9.17) is 11.6 Å². The Kier molecular flexibility index (Phi) is 8.94. The summed E-state index contributed by atoms with van der Waals surface area (Å²) in [6.07, 6.45) is 0. The van der Waals surface area contributed by atoms with Crippen molar-refractivity contribution in [3.05, 3.63) is 137 Å². The highest BCUT2D eigenvalue weighted by atomic mass is 35.5. The average molecular weight is 602 g/mol. The third-order valence-electron chi connectivity index (χ3n) is 7.82. The fraction of sp³-hybridized carbons (Fsp3) is 0.167. The number of nitrogens with zero attached hydrogens (tertiary/aromatic N) is 5. The molecule has 1 fully saturated rings. The van der Waals surface area contributed by atoms with Crippen molar-refractivity contribution in [3.63, 3.8) is 0 Å². The van der Waals surface area contributed by atoms with Crippen LogP contribution in [0, 0.1) is 0 Å². The minimum atomic E-state index is -0.206. The summed E-state index contributed by atoms with van der Waals surface area (Å²) in [4.78, 5) is 32.4. The van der Waals surface area contributed by atoms with E-state index in [-0.39, 0.29) is 18.4 Å². The molecule has 2 heterocycles. The number of hydrogen-bond acceptors (Lipinski definition) is 5. The van der Waals surface area contributed by atoms with E-state index in [0.29, 0.717) is 43.3 Å². The molecule has 0 bridgehead atoms. The lowest BCUT2D eigenvalue weighted by atomic mass is 10.0. The molecule has 1 aliphatic rings. The molecule has 4 aromatic carbocycles. The predicted octanol–water partition coefficient (Wildman–Crippen LogP) is 6.46. The monoisotopic (exact) mass is 601 g/mol. The first-order valence-corrected chi connectivity index (χ1v) is 15.0. The molecule has 0 spiro atoms. The van der Waals surface area contributed by atoms with Gasteiger partial charge in [-0.15, -0.1) is 10.2 Å². The molecule has 0 N–H and O–H groups in total. The van der Waals surface area contributed by atoms with Crippen LogP contribution in [0.3, 0.4) is 0 Å². The zero-order chi connectivity index (χ0) is 30.3. The van der Waals surface area contributed by atoms with Gasteiger partial charge in [-0.2, -0.15) is 0 Å². The van der Waals surface area contributed by atoms with Crippen LogP contribution in [0.2, 0.25) is 5.02 Å². The van der Waals surface area contributed by atoms with Gasteiger partial charge in [0.05, 0.1) is 5.69 Å². The molecule has 1 aliphatic heterocycles. The van der Waals surface area contributed by atoms with Crippen molar-refractivity contribution in [2.75, 3.05) is 37.6 Å². The van der Waals surface area contributed by atoms with Crippen LogP contribution >= 0.6 is 11.6 Å². The van der Waals surface area contributed by atoms with E-state index >= 15 is 0 Å². The van der Waals surface area contributed by atoms with Crippen LogP contribution in [0.5, 0.6) is 0 Å². The highest BCUT2D eigenvalue weighted by Crippen LogP contribution is 2.24. The minimum Gasteiger partial charge on any atom is -0.352 e. The van der Waals surface area contributed by atoms with Crippen LogP contribution in [0.4, 0.5) is 5.82 Å². The van der Waals surface area contributed by atoms with Gasteiger partial charge in [-0.3, -0.25) is 9.59 Å². The fourth-order valence-corrected chi connectivity index (χ4v) is 5.46. The van der Waals surface area contributed by atoms with Gasteiger partial charge in [-0.1, -0.05) is 96.5 Å². The Bertz CT molecular complexity index is 1690. The molecule has 0 atom stereocenters. The molecule has 44 heavy (non-hydrogen) atoms. The Morgan fingerprint density at radius 3 is 1.91 bits per heavy atom. The number of halogens is 1. The maximum absolute atomic E-state index is 13.4. The zero-order valence-corrected chi connectivity index (χ0v) is 25.0. The molecular formula is C36H32ClN5O2. The zero-order valence-electron chi connectivity index (χ0n) is 24.2. The Morgan fingerprint density at radius 1 is 0.659 bits per heavy atom. The number of piperazine rings is 1. The Hall–Kier alpha value is -5.01. The summed E-state index contributed by atoms with van der Waals surface area (Å²) in [5.74, 6) is 0.497. The van der Waals surface area contributed by atoms with E-state index in [9.17, 15) is 9.59 Å². The summed E-state index contributed by atoms with van der Waals surface area (Å²) in [7, 11) is 0. The number of carbonyl (C=O) groups excluding carboxylic acids is 2. The quantitative estimate of drug-likeness (QED) is 0.204. The maximum atomic E-state index is 13.4. The first-order chi connectivity index (χ1) is 21.5. The van der Waals surface area contributed by atoms with Gasteiger partial charge >= 0.3 is 0 Å². The van der Waals surface area contributed by atoms with Crippen molar-refractivity contribution >= 4 is 29.2 Å². The van der Waals surface area contributed by atoms with Gasteiger partial charge in [0.2, 0.25) is 5.91 Å². The van der Waals surface area contributed by atoms with Gasteiger partial charge in [0.25, 0.3) is 5.91 Å². The lowest BCUT2D eigenvalue weighted by Crippen LogP contribution is -2.52. The minimum absolute atomic E-state index is 0.00603. The predicted molar refractivity (Wildman–Crippen MR) is 174 cm³/mol. The van der Waals surface area contributed by atoms with Crippen LogP contribution < -0.4 is 4.90 Å². The van der Waals surface area contributed by atoms with Gasteiger partial charge < -0.3 is 14.7 Å². The van der Waals surface area contributed by atoms with Crippen LogP contribution in [0.1, 0.15) is 15.9 Å². The number of benzene rings is 4. The van der Waals surface area contributed by atoms with E-state index < -0.39 is 0 Å². The molecule has 220 valence electrons. The Balaban J connectivity index is 1.07. The molecule has 0 radical (unpaired) electrons. The van der Waals surface area contributed by atoms with Gasteiger partial charge in [0.1, 0.15) is 6.54 Å². The Labute approximate surface area is 262 Å². The Morgan fingerprint density at radius 2 is 1.27 bits per heavy atom. The number of rotatable bonds is 8. The number of amides is 2. The summed E-state index contributed by atoms with van der Waals surface area (Å²) in [5, 5.41) is 9.54. The van der Waals surface area contributed by atoms with Crippen molar-refractivity contribution in [1.29, 1.82) is 0 Å². The summed E-state index contributed by atoms with van der Waals surface area (Å²) < 4.78 is 0. The second-order valence-electron chi connectivity index (χ2n) is 10.7. The lowest BCUT2D eigenvalue weighted by molar-refractivity contribution is -0.132. The highest BCUT2D eigenvalue weighted by Gasteiger charge is 2.26. The van der Waals surface area contributed by atoms with E-state index in [1.165, 1.54) is 5.56 Å². The van der Waals surface area contributed by atoms with Crippen molar-refractivity contribution in [2.45, 2.75) is 6.54 Å². The summed E-state index contributed by atoms with van der Waals surface area (Å²) >= 11 is 6.03. The topological polar surface area (TPSA) is 69.6 Å². The van der Waals surface area contributed by atoms with E-state index in [1.807, 2.05) is 65.6 Å². The number of aromatic nitrogens is 2. The number of carbonyl (C=O) groups is 2. The largest absolute Gasteiger partial charge is 0.352 e. The van der Waals surface area contributed by atoms with Gasteiger partial charge in [-0.25, -0.2) is 0 Å². The van der Waals surface area contributed by atoms with Crippen molar-refractivity contribution in [2.24, 2.45) is 0 Å². The molecule has 8 heteroatoms. The smallest absolute Gasteiger partial charge is 0.254 e. The summed E-state index contributed by atoms with van der Waals surface area (Å²) in [6, 6.07) is 39.0. The van der Waals surface area contributed by atoms with E-state index in [2.05, 4.69) is 51.5 Å². The van der Waals surface area contributed by atoms with Crippen LogP contribution in [-0.4, -0.2) is 64.5 Å². The molecule has 0 unspecified atom stereocenters. The number of hydrogen-bond donors (Lipinski definition) is 0. The van der Waals surface area contributed by atoms with Gasteiger partial charge in [0, 0.05) is 48.9 Å². The van der Waals surface area contributed by atoms with Gasteiger partial charge in [0.15, 0.2) is 5.82 Å². The second-order valence-corrected chi connectivity index (χ2v) is 11.2. The normalized spacial score (nSPS) is 13.0. The van der Waals surface area contributed by atoms with Crippen molar-refractivity contribution < 1.29 is 9.59 Å². The molecule has 0 aliphatic carbocycles. The third-order valence-corrected chi connectivity index (χ3v) is 8.07. The first-order valence-electron chi connectivity index (χ1n) is 14.6. The van der Waals surface area contributed by atoms with Crippen LogP contribution in [-0.2, 0) is 11.3 Å². The molecule has 1 aromatic heterocycles. The van der Waals surface area contributed by atoms with E-state index in [0.717, 1.165) is 28.2 Å². The van der Waals surface area contributed by atoms with Gasteiger partial charge in [-0.05, 0) is 53.1 Å². The molecule has 7 nitrogen and oxygen atoms in total. The third kappa shape index (κ3) is 6.96. The summed E-state index contributed by atoms with van der Waals surface area (Å²) in [5.41, 5.74) is 5.61. The summed E-state index contributed by atoms with van der Waals surface area (Å²) in [6.45, 7) is 2.68. The fourth-order valence-electron chi connectivity index (χ4n) is 5.34. The van der Waals surface area contributed by atoms with Crippen molar-refractivity contribution in [1.82, 2.24) is 20.0 Å². The van der Waals surface area contributed by atoms with E-state index in [1.54, 1.807) is 29.2 Å². The first kappa shape index (κ1) is 29.1. The number of anilines is 1. The SMILES string of the molecule is O=C(CN(Cc1ccccc1)C(=O)c1ccc(Cl)cc1)N1CCN(c2ccc(-c3ccc(-c4ccccc4)cc3)nn2)CC1. The maximum Gasteiger partial charge on any atom is 0.254 e.